The highest BCUT2D eigenvalue weighted by molar-refractivity contribution is 7.89. The van der Waals surface area contributed by atoms with Gasteiger partial charge in [-0.05, 0) is 61.2 Å². The first-order valence-electron chi connectivity index (χ1n) is 11.0. The molecule has 1 aliphatic rings. The number of anilines is 2. The van der Waals surface area contributed by atoms with Crippen LogP contribution in [0.25, 0.3) is 0 Å². The molecule has 3 aromatic carbocycles. The maximum Gasteiger partial charge on any atom is 0.241 e. The van der Waals surface area contributed by atoms with E-state index >= 15 is 0 Å². The maximum atomic E-state index is 12.5. The number of nitrogens with two attached hydrogens (primary N) is 1. The quantitative estimate of drug-likeness (QED) is 0.479. The van der Waals surface area contributed by atoms with Gasteiger partial charge in [0.25, 0.3) is 0 Å². The Morgan fingerprint density at radius 3 is 2.50 bits per heavy atom. The molecule has 0 unspecified atom stereocenters. The van der Waals surface area contributed by atoms with Gasteiger partial charge in [0.2, 0.25) is 15.9 Å². The summed E-state index contributed by atoms with van der Waals surface area (Å²) in [6, 6.07) is 18.9. The van der Waals surface area contributed by atoms with Crippen LogP contribution in [0.1, 0.15) is 24.8 Å². The molecule has 1 saturated heterocycles. The van der Waals surface area contributed by atoms with Crippen LogP contribution in [-0.2, 0) is 21.2 Å². The van der Waals surface area contributed by atoms with Crippen molar-refractivity contribution in [3.05, 3.63) is 77.3 Å². The number of carbonyl (C=O) groups is 1. The van der Waals surface area contributed by atoms with Gasteiger partial charge in [0.1, 0.15) is 16.4 Å². The topological polar surface area (TPSA) is 102 Å². The van der Waals surface area contributed by atoms with Crippen LogP contribution in [0.3, 0.4) is 0 Å². The number of benzene rings is 3. The molecule has 1 aliphatic heterocycles. The Morgan fingerprint density at radius 1 is 1.00 bits per heavy atom. The van der Waals surface area contributed by atoms with E-state index in [-0.39, 0.29) is 28.7 Å². The van der Waals surface area contributed by atoms with Gasteiger partial charge in [-0.25, -0.2) is 13.6 Å². The Balaban J connectivity index is 1.53. The standard InChI is InChI=1S/C25H26ClN3O4S/c26-22-10-3-2-7-18(22)15-25(30)28-19-11-12-23(24(16-19)34(27,31)32)33-21-9-6-8-20(17-21)29-13-4-1-5-14-29/h2-3,6-12,16-17H,1,4-5,13-15H2,(H,28,30)(H2,27,31,32). The molecule has 1 heterocycles. The van der Waals surface area contributed by atoms with E-state index in [4.69, 9.17) is 21.5 Å². The Hall–Kier alpha value is -3.07. The summed E-state index contributed by atoms with van der Waals surface area (Å²) in [6.07, 6.45) is 3.56. The second kappa shape index (κ2) is 10.5. The predicted octanol–water partition coefficient (Wildman–Crippen LogP) is 4.95. The first kappa shape index (κ1) is 24.1. The molecular weight excluding hydrogens is 474 g/mol. The summed E-state index contributed by atoms with van der Waals surface area (Å²) in [4.78, 5) is 14.5. The monoisotopic (exact) mass is 499 g/mol. The molecule has 4 rings (SSSR count). The largest absolute Gasteiger partial charge is 0.456 e. The van der Waals surface area contributed by atoms with Gasteiger partial charge < -0.3 is 15.0 Å². The van der Waals surface area contributed by atoms with Crippen molar-refractivity contribution in [3.8, 4) is 11.5 Å². The number of amides is 1. The number of hydrogen-bond donors (Lipinski definition) is 2. The highest BCUT2D eigenvalue weighted by atomic mass is 35.5. The maximum absolute atomic E-state index is 12.5. The van der Waals surface area contributed by atoms with Gasteiger partial charge in [-0.15, -0.1) is 0 Å². The van der Waals surface area contributed by atoms with Crippen molar-refractivity contribution in [2.45, 2.75) is 30.6 Å². The number of nitrogens with one attached hydrogen (secondary N) is 1. The van der Waals surface area contributed by atoms with E-state index in [1.165, 1.54) is 18.6 Å². The number of piperidine rings is 1. The molecule has 0 bridgehead atoms. The van der Waals surface area contributed by atoms with Crippen LogP contribution in [0.4, 0.5) is 11.4 Å². The Kier molecular flexibility index (Phi) is 7.41. The van der Waals surface area contributed by atoms with E-state index in [0.717, 1.165) is 31.6 Å². The van der Waals surface area contributed by atoms with Gasteiger partial charge in [-0.2, -0.15) is 0 Å². The summed E-state index contributed by atoms with van der Waals surface area (Å²) >= 11 is 6.12. The van der Waals surface area contributed by atoms with Crippen LogP contribution >= 0.6 is 11.6 Å². The zero-order chi connectivity index (χ0) is 24.1. The molecule has 9 heteroatoms. The summed E-state index contributed by atoms with van der Waals surface area (Å²) in [7, 11) is -4.12. The van der Waals surface area contributed by atoms with Crippen molar-refractivity contribution in [1.82, 2.24) is 0 Å². The van der Waals surface area contributed by atoms with Gasteiger partial charge >= 0.3 is 0 Å². The van der Waals surface area contributed by atoms with E-state index in [2.05, 4.69) is 10.2 Å². The van der Waals surface area contributed by atoms with Crippen molar-refractivity contribution >= 4 is 38.9 Å². The number of rotatable bonds is 7. The average molecular weight is 500 g/mol. The summed E-state index contributed by atoms with van der Waals surface area (Å²) < 4.78 is 30.5. The summed E-state index contributed by atoms with van der Waals surface area (Å²) in [5, 5.41) is 8.63. The minimum Gasteiger partial charge on any atom is -0.456 e. The number of sulfonamides is 1. The Labute approximate surface area is 204 Å². The lowest BCUT2D eigenvalue weighted by molar-refractivity contribution is -0.115. The van der Waals surface area contributed by atoms with Crippen LogP contribution in [0.2, 0.25) is 5.02 Å². The number of carbonyl (C=O) groups excluding carboxylic acids is 1. The fourth-order valence-electron chi connectivity index (χ4n) is 3.94. The number of ether oxygens (including phenoxy) is 1. The summed E-state index contributed by atoms with van der Waals surface area (Å²) in [6.45, 7) is 1.96. The van der Waals surface area contributed by atoms with Crippen molar-refractivity contribution in [1.29, 1.82) is 0 Å². The fraction of sp³-hybridized carbons (Fsp3) is 0.240. The van der Waals surface area contributed by atoms with Crippen LogP contribution < -0.4 is 20.1 Å². The van der Waals surface area contributed by atoms with Gasteiger partial charge in [0.15, 0.2) is 0 Å². The number of nitrogens with zero attached hydrogens (tertiary/aromatic N) is 1. The van der Waals surface area contributed by atoms with Gasteiger partial charge in [0, 0.05) is 35.6 Å². The molecule has 0 aliphatic carbocycles. The molecule has 0 radical (unpaired) electrons. The molecule has 1 fully saturated rings. The number of hydrogen-bond acceptors (Lipinski definition) is 5. The molecule has 34 heavy (non-hydrogen) atoms. The highest BCUT2D eigenvalue weighted by Crippen LogP contribution is 2.33. The SMILES string of the molecule is NS(=O)(=O)c1cc(NC(=O)Cc2ccccc2Cl)ccc1Oc1cccc(N2CCCCC2)c1. The fourth-order valence-corrected chi connectivity index (χ4v) is 4.82. The van der Waals surface area contributed by atoms with Crippen molar-refractivity contribution in [3.63, 3.8) is 0 Å². The molecule has 0 aromatic heterocycles. The second-order valence-electron chi connectivity index (χ2n) is 8.17. The van der Waals surface area contributed by atoms with Crippen LogP contribution in [0.5, 0.6) is 11.5 Å². The highest BCUT2D eigenvalue weighted by Gasteiger charge is 2.19. The summed E-state index contributed by atoms with van der Waals surface area (Å²) in [5.41, 5.74) is 1.98. The van der Waals surface area contributed by atoms with E-state index < -0.39 is 10.0 Å². The third-order valence-electron chi connectivity index (χ3n) is 5.61. The summed E-state index contributed by atoms with van der Waals surface area (Å²) in [5.74, 6) is 0.252. The third-order valence-corrected chi connectivity index (χ3v) is 6.91. The van der Waals surface area contributed by atoms with Gasteiger partial charge in [-0.1, -0.05) is 35.9 Å². The molecule has 3 N–H and O–H groups in total. The lowest BCUT2D eigenvalue weighted by Gasteiger charge is -2.29. The first-order chi connectivity index (χ1) is 16.3. The normalized spacial score (nSPS) is 14.0. The molecule has 1 amide bonds. The third kappa shape index (κ3) is 6.08. The first-order valence-corrected chi connectivity index (χ1v) is 12.9. The predicted molar refractivity (Wildman–Crippen MR) is 134 cm³/mol. The molecule has 0 spiro atoms. The van der Waals surface area contributed by atoms with E-state index in [1.807, 2.05) is 18.2 Å². The molecule has 178 valence electrons. The van der Waals surface area contributed by atoms with Crippen molar-refractivity contribution in [2.75, 3.05) is 23.3 Å². The van der Waals surface area contributed by atoms with Gasteiger partial charge in [-0.3, -0.25) is 4.79 Å². The number of primary sulfonamides is 1. The Morgan fingerprint density at radius 2 is 1.76 bits per heavy atom. The van der Waals surface area contributed by atoms with Gasteiger partial charge in [0.05, 0.1) is 6.42 Å². The average Bonchev–Trinajstić information content (AvgIpc) is 2.82. The van der Waals surface area contributed by atoms with Crippen LogP contribution in [-0.4, -0.2) is 27.4 Å². The molecular formula is C25H26ClN3O4S. The lowest BCUT2D eigenvalue weighted by Crippen LogP contribution is -2.29. The molecule has 0 saturated carbocycles. The van der Waals surface area contributed by atoms with E-state index in [0.29, 0.717) is 16.3 Å². The Bertz CT molecular complexity index is 1290. The smallest absolute Gasteiger partial charge is 0.241 e. The van der Waals surface area contributed by atoms with E-state index in [1.54, 1.807) is 36.4 Å². The zero-order valence-corrected chi connectivity index (χ0v) is 20.1. The molecule has 3 aromatic rings. The van der Waals surface area contributed by atoms with E-state index in [9.17, 15) is 13.2 Å². The minimum absolute atomic E-state index is 0.0475. The minimum atomic E-state index is -4.12. The number of halogens is 1. The van der Waals surface area contributed by atoms with Crippen molar-refractivity contribution < 1.29 is 17.9 Å². The lowest BCUT2D eigenvalue weighted by atomic mass is 10.1. The second-order valence-corrected chi connectivity index (χ2v) is 10.1. The van der Waals surface area contributed by atoms with Crippen molar-refractivity contribution in [2.24, 2.45) is 5.14 Å². The molecule has 0 atom stereocenters. The van der Waals surface area contributed by atoms with Crippen LogP contribution in [0, 0.1) is 0 Å². The van der Waals surface area contributed by atoms with Crippen LogP contribution in [0.15, 0.2) is 71.6 Å². The zero-order valence-electron chi connectivity index (χ0n) is 18.5. The molecule has 7 nitrogen and oxygen atoms in total.